The number of aliphatic hydroxyl groups is 5. The van der Waals surface area contributed by atoms with Gasteiger partial charge in [-0.15, -0.1) is 0 Å². The van der Waals surface area contributed by atoms with Crippen LogP contribution in [0.2, 0.25) is 0 Å². The van der Waals surface area contributed by atoms with Crippen molar-refractivity contribution in [1.82, 2.24) is 0 Å². The SMILES string of the molecule is CCCCCCCCCCCC[C@@H](O)[C@H]1CC[C@H]([C@H](O)CCCCC(O)CC(O)CCCC(O)CC2=CC(C)OC2=O)O1. The molecule has 2 rings (SSSR count). The summed E-state index contributed by atoms with van der Waals surface area (Å²) in [5.74, 6) is -0.365. The molecule has 0 aromatic heterocycles. The van der Waals surface area contributed by atoms with Crippen LogP contribution in [0.1, 0.15) is 155 Å². The Morgan fingerprint density at radius 1 is 0.674 bits per heavy atom. The Morgan fingerprint density at radius 2 is 1.14 bits per heavy atom. The maximum atomic E-state index is 11.7. The van der Waals surface area contributed by atoms with Gasteiger partial charge in [-0.2, -0.15) is 0 Å². The van der Waals surface area contributed by atoms with Gasteiger partial charge in [-0.3, -0.25) is 0 Å². The quantitative estimate of drug-likeness (QED) is 0.0590. The van der Waals surface area contributed by atoms with Gasteiger partial charge in [-0.1, -0.05) is 84.0 Å². The van der Waals surface area contributed by atoms with Gasteiger partial charge in [-0.25, -0.2) is 4.79 Å². The smallest absolute Gasteiger partial charge is 0.334 e. The first-order valence-corrected chi connectivity index (χ1v) is 17.7. The van der Waals surface area contributed by atoms with Crippen LogP contribution < -0.4 is 0 Å². The van der Waals surface area contributed by atoms with Crippen molar-refractivity contribution in [2.75, 3.05) is 0 Å². The normalized spacial score (nSPS) is 24.0. The lowest BCUT2D eigenvalue weighted by atomic mass is 9.97. The molecule has 0 aliphatic carbocycles. The maximum absolute atomic E-state index is 11.7. The van der Waals surface area contributed by atoms with Crippen LogP contribution in [0.25, 0.3) is 0 Å². The number of aliphatic hydroxyl groups excluding tert-OH is 5. The Labute approximate surface area is 261 Å². The summed E-state index contributed by atoms with van der Waals surface area (Å²) in [7, 11) is 0. The molecule has 252 valence electrons. The van der Waals surface area contributed by atoms with Gasteiger partial charge in [0.15, 0.2) is 0 Å². The monoisotopic (exact) mass is 612 g/mol. The highest BCUT2D eigenvalue weighted by molar-refractivity contribution is 5.90. The van der Waals surface area contributed by atoms with E-state index in [-0.39, 0.29) is 37.1 Å². The van der Waals surface area contributed by atoms with Crippen LogP contribution in [-0.2, 0) is 14.3 Å². The number of ether oxygens (including phenoxy) is 2. The first kappa shape index (κ1) is 38.2. The number of unbranched alkanes of at least 4 members (excludes halogenated alkanes) is 10. The minimum absolute atomic E-state index is 0.178. The molecule has 0 amide bonds. The summed E-state index contributed by atoms with van der Waals surface area (Å²) in [5.41, 5.74) is 0.512. The molecule has 2 heterocycles. The predicted octanol–water partition coefficient (Wildman–Crippen LogP) is 6.03. The van der Waals surface area contributed by atoms with Gasteiger partial charge in [0.2, 0.25) is 0 Å². The number of hydrogen-bond acceptors (Lipinski definition) is 8. The van der Waals surface area contributed by atoms with E-state index in [0.29, 0.717) is 37.7 Å². The summed E-state index contributed by atoms with van der Waals surface area (Å²) in [5, 5.41) is 52.0. The Hall–Kier alpha value is -1.03. The number of esters is 1. The lowest BCUT2D eigenvalue weighted by molar-refractivity contribution is -0.139. The van der Waals surface area contributed by atoms with Crippen molar-refractivity contribution in [1.29, 1.82) is 0 Å². The fourth-order valence-corrected chi connectivity index (χ4v) is 6.48. The van der Waals surface area contributed by atoms with Crippen LogP contribution in [0.5, 0.6) is 0 Å². The van der Waals surface area contributed by atoms with E-state index < -0.39 is 30.5 Å². The van der Waals surface area contributed by atoms with E-state index in [1.54, 1.807) is 13.0 Å². The molecule has 1 fully saturated rings. The van der Waals surface area contributed by atoms with Crippen molar-refractivity contribution >= 4 is 5.97 Å². The van der Waals surface area contributed by atoms with E-state index in [1.807, 2.05) is 0 Å². The molecule has 0 spiro atoms. The summed E-state index contributed by atoms with van der Waals surface area (Å²) < 4.78 is 11.1. The summed E-state index contributed by atoms with van der Waals surface area (Å²) in [6, 6.07) is 0. The fraction of sp³-hybridized carbons (Fsp3) is 0.914. The molecule has 0 aromatic rings. The summed E-state index contributed by atoms with van der Waals surface area (Å²) in [6.45, 7) is 4.03. The molecule has 2 aliphatic rings. The van der Waals surface area contributed by atoms with Crippen molar-refractivity contribution in [2.24, 2.45) is 0 Å². The number of carbonyl (C=O) groups excluding carboxylic acids is 1. The number of carbonyl (C=O) groups is 1. The topological polar surface area (TPSA) is 137 Å². The fourth-order valence-electron chi connectivity index (χ4n) is 6.48. The van der Waals surface area contributed by atoms with E-state index >= 15 is 0 Å². The third kappa shape index (κ3) is 16.7. The van der Waals surface area contributed by atoms with Crippen molar-refractivity contribution in [3.05, 3.63) is 11.6 Å². The van der Waals surface area contributed by atoms with Crippen molar-refractivity contribution in [2.45, 2.75) is 204 Å². The molecule has 8 atom stereocenters. The summed E-state index contributed by atoms with van der Waals surface area (Å²) in [6.07, 6.45) is 18.1. The second-order valence-corrected chi connectivity index (χ2v) is 13.3. The average Bonchev–Trinajstić information content (AvgIpc) is 3.58. The highest BCUT2D eigenvalue weighted by Crippen LogP contribution is 2.28. The van der Waals surface area contributed by atoms with Crippen molar-refractivity contribution < 1.29 is 39.8 Å². The van der Waals surface area contributed by atoms with Crippen LogP contribution in [0.15, 0.2) is 11.6 Å². The predicted molar refractivity (Wildman–Crippen MR) is 170 cm³/mol. The highest BCUT2D eigenvalue weighted by atomic mass is 16.5. The third-order valence-corrected chi connectivity index (χ3v) is 9.15. The van der Waals surface area contributed by atoms with Crippen LogP contribution in [0.3, 0.4) is 0 Å². The molecule has 43 heavy (non-hydrogen) atoms. The summed E-state index contributed by atoms with van der Waals surface area (Å²) >= 11 is 0. The molecular formula is C35H64O8. The van der Waals surface area contributed by atoms with Gasteiger partial charge in [-0.05, 0) is 70.8 Å². The lowest BCUT2D eigenvalue weighted by Crippen LogP contribution is -2.31. The van der Waals surface area contributed by atoms with Crippen LogP contribution >= 0.6 is 0 Å². The van der Waals surface area contributed by atoms with Gasteiger partial charge in [0, 0.05) is 12.0 Å². The molecule has 0 bridgehead atoms. The first-order chi connectivity index (χ1) is 20.7. The van der Waals surface area contributed by atoms with E-state index in [2.05, 4.69) is 6.92 Å². The van der Waals surface area contributed by atoms with Gasteiger partial charge in [0.05, 0.1) is 42.7 Å². The first-order valence-electron chi connectivity index (χ1n) is 17.7. The molecule has 0 radical (unpaired) electrons. The molecule has 0 saturated carbocycles. The van der Waals surface area contributed by atoms with E-state index in [9.17, 15) is 30.3 Å². The number of hydrogen-bond donors (Lipinski definition) is 5. The van der Waals surface area contributed by atoms with Crippen molar-refractivity contribution in [3.8, 4) is 0 Å². The minimum Gasteiger partial charge on any atom is -0.455 e. The van der Waals surface area contributed by atoms with E-state index in [4.69, 9.17) is 9.47 Å². The minimum atomic E-state index is -0.653. The lowest BCUT2D eigenvalue weighted by Gasteiger charge is -2.22. The zero-order valence-corrected chi connectivity index (χ0v) is 27.2. The largest absolute Gasteiger partial charge is 0.455 e. The zero-order valence-electron chi connectivity index (χ0n) is 27.2. The van der Waals surface area contributed by atoms with Gasteiger partial charge < -0.3 is 35.0 Å². The van der Waals surface area contributed by atoms with Crippen LogP contribution in [0, 0.1) is 0 Å². The standard InChI is InChI=1S/C35H64O8/c1-3-4-5-6-7-8-9-10-11-12-19-31(39)33-21-22-34(43-33)32(40)20-14-13-16-29(37)25-30(38)18-15-17-28(36)24-27-23-26(2)42-35(27)41/h23,26,28-34,36-40H,3-22,24-25H2,1-2H3/t26?,28?,29?,30?,31-,32-,33-,34-/m1/s1. The molecule has 8 heteroatoms. The third-order valence-electron chi connectivity index (χ3n) is 9.15. The Morgan fingerprint density at radius 3 is 1.67 bits per heavy atom. The molecule has 8 nitrogen and oxygen atoms in total. The number of rotatable bonds is 26. The van der Waals surface area contributed by atoms with E-state index in [1.165, 1.54) is 51.4 Å². The van der Waals surface area contributed by atoms with Gasteiger partial charge >= 0.3 is 5.97 Å². The number of cyclic esters (lactones) is 1. The second kappa shape index (κ2) is 22.5. The maximum Gasteiger partial charge on any atom is 0.334 e. The molecule has 4 unspecified atom stereocenters. The Bertz CT molecular complexity index is 758. The molecule has 0 aromatic carbocycles. The molecular weight excluding hydrogens is 548 g/mol. The second-order valence-electron chi connectivity index (χ2n) is 13.3. The molecule has 1 saturated heterocycles. The van der Waals surface area contributed by atoms with Crippen molar-refractivity contribution in [3.63, 3.8) is 0 Å². The van der Waals surface area contributed by atoms with E-state index in [0.717, 1.165) is 44.9 Å². The summed E-state index contributed by atoms with van der Waals surface area (Å²) in [4.78, 5) is 11.7. The Balaban J connectivity index is 1.45. The Kier molecular flexibility index (Phi) is 19.9. The highest BCUT2D eigenvalue weighted by Gasteiger charge is 2.34. The van der Waals surface area contributed by atoms with Gasteiger partial charge in [0.1, 0.15) is 6.10 Å². The average molecular weight is 613 g/mol. The van der Waals surface area contributed by atoms with Crippen LogP contribution in [-0.4, -0.2) is 80.3 Å². The molecule has 5 N–H and O–H groups in total. The van der Waals surface area contributed by atoms with Gasteiger partial charge in [0.25, 0.3) is 0 Å². The molecule has 2 aliphatic heterocycles. The van der Waals surface area contributed by atoms with Crippen LogP contribution in [0.4, 0.5) is 0 Å². The zero-order chi connectivity index (χ0) is 31.5.